The maximum atomic E-state index is 5.71. The van der Waals surface area contributed by atoms with Crippen LogP contribution in [0.4, 0.5) is 0 Å². The number of rotatable bonds is 5. The van der Waals surface area contributed by atoms with Crippen molar-refractivity contribution in [3.05, 3.63) is 45.5 Å². The fraction of sp³-hybridized carbons (Fsp3) is 0.500. The Hall–Kier alpha value is -1.10. The van der Waals surface area contributed by atoms with Crippen molar-refractivity contribution < 1.29 is 4.42 Å². The van der Waals surface area contributed by atoms with Crippen molar-refractivity contribution in [1.29, 1.82) is 0 Å². The summed E-state index contributed by atoms with van der Waals surface area (Å²) in [5.74, 6) is 1.09. The van der Waals surface area contributed by atoms with Gasteiger partial charge in [0.05, 0.1) is 12.8 Å². The predicted octanol–water partition coefficient (Wildman–Crippen LogP) is 3.15. The molecule has 1 aliphatic carbocycles. The van der Waals surface area contributed by atoms with Crippen LogP contribution in [0, 0.1) is 0 Å². The van der Waals surface area contributed by atoms with Gasteiger partial charge in [0.2, 0.25) is 0 Å². The van der Waals surface area contributed by atoms with E-state index in [0.717, 1.165) is 38.0 Å². The van der Waals surface area contributed by atoms with Gasteiger partial charge in [-0.1, -0.05) is 0 Å². The van der Waals surface area contributed by atoms with Gasteiger partial charge in [-0.2, -0.15) is 0 Å². The molecule has 2 aromatic rings. The molecule has 0 spiro atoms. The van der Waals surface area contributed by atoms with E-state index in [1.165, 1.54) is 30.4 Å². The molecule has 0 amide bonds. The molecule has 106 valence electrons. The topological polar surface area (TPSA) is 28.4 Å². The molecule has 0 radical (unpaired) electrons. The van der Waals surface area contributed by atoms with E-state index >= 15 is 0 Å². The molecule has 4 rings (SSSR count). The van der Waals surface area contributed by atoms with E-state index in [4.69, 9.17) is 4.42 Å². The fourth-order valence-corrected chi connectivity index (χ4v) is 3.70. The van der Waals surface area contributed by atoms with Crippen molar-refractivity contribution in [1.82, 2.24) is 10.2 Å². The molecule has 4 heteroatoms. The first-order chi connectivity index (χ1) is 9.87. The first-order valence-electron chi connectivity index (χ1n) is 7.44. The lowest BCUT2D eigenvalue weighted by Crippen LogP contribution is -2.28. The van der Waals surface area contributed by atoms with Crippen molar-refractivity contribution in [3.8, 4) is 0 Å². The number of hydrogen-bond acceptors (Lipinski definition) is 4. The summed E-state index contributed by atoms with van der Waals surface area (Å²) in [4.78, 5) is 4.04. The maximum absolute atomic E-state index is 5.71. The fourth-order valence-electron chi connectivity index (χ4n) is 2.81. The molecule has 1 fully saturated rings. The first-order valence-corrected chi connectivity index (χ1v) is 8.32. The molecule has 0 unspecified atom stereocenters. The van der Waals surface area contributed by atoms with Crippen LogP contribution in [0.1, 0.15) is 34.6 Å². The van der Waals surface area contributed by atoms with Crippen molar-refractivity contribution in [2.24, 2.45) is 0 Å². The van der Waals surface area contributed by atoms with Crippen LogP contribution in [-0.2, 0) is 26.1 Å². The van der Waals surface area contributed by atoms with E-state index in [2.05, 4.69) is 27.7 Å². The Morgan fingerprint density at radius 3 is 3.25 bits per heavy atom. The van der Waals surface area contributed by atoms with Crippen molar-refractivity contribution >= 4 is 11.3 Å². The van der Waals surface area contributed by atoms with E-state index < -0.39 is 0 Å². The number of fused-ring (bicyclic) bond motifs is 1. The number of thiophene rings is 1. The molecule has 3 heterocycles. The summed E-state index contributed by atoms with van der Waals surface area (Å²) in [7, 11) is 0. The Morgan fingerprint density at radius 1 is 1.40 bits per heavy atom. The van der Waals surface area contributed by atoms with Crippen molar-refractivity contribution in [2.75, 3.05) is 6.54 Å². The zero-order chi connectivity index (χ0) is 13.4. The van der Waals surface area contributed by atoms with Crippen molar-refractivity contribution in [3.63, 3.8) is 0 Å². The Labute approximate surface area is 123 Å². The summed E-state index contributed by atoms with van der Waals surface area (Å²) in [5.41, 5.74) is 2.78. The van der Waals surface area contributed by atoms with E-state index in [-0.39, 0.29) is 0 Å². The second-order valence-corrected chi connectivity index (χ2v) is 6.91. The molecule has 20 heavy (non-hydrogen) atoms. The minimum absolute atomic E-state index is 0.757. The Morgan fingerprint density at radius 2 is 2.35 bits per heavy atom. The Bertz CT molecular complexity index is 585. The van der Waals surface area contributed by atoms with E-state index in [1.807, 2.05) is 17.6 Å². The average Bonchev–Trinajstić information content (AvgIpc) is 2.99. The highest BCUT2D eigenvalue weighted by atomic mass is 32.1. The van der Waals surface area contributed by atoms with Crippen LogP contribution in [-0.4, -0.2) is 17.5 Å². The summed E-state index contributed by atoms with van der Waals surface area (Å²) >= 11 is 1.89. The lowest BCUT2D eigenvalue weighted by molar-refractivity contribution is 0.227. The molecule has 0 atom stereocenters. The molecule has 0 saturated heterocycles. The van der Waals surface area contributed by atoms with Gasteiger partial charge in [0.15, 0.2) is 0 Å². The summed E-state index contributed by atoms with van der Waals surface area (Å²) in [6.45, 7) is 4.08. The molecule has 1 saturated carbocycles. The largest absolute Gasteiger partial charge is 0.468 e. The molecular weight excluding hydrogens is 268 g/mol. The van der Waals surface area contributed by atoms with E-state index in [0.29, 0.717) is 0 Å². The summed E-state index contributed by atoms with van der Waals surface area (Å²) in [6.07, 6.45) is 5.76. The van der Waals surface area contributed by atoms with Crippen LogP contribution < -0.4 is 5.32 Å². The molecule has 0 aromatic carbocycles. The molecule has 2 aromatic heterocycles. The molecule has 2 aliphatic rings. The molecule has 3 nitrogen and oxygen atoms in total. The highest BCUT2D eigenvalue weighted by molar-refractivity contribution is 7.10. The normalized spacial score (nSPS) is 19.2. The standard InChI is InChI=1S/C16H20N2OS/c1-2-14(1)17-8-12-7-15(19-11-12)10-18-5-3-16-13(9-18)4-6-20-16/h4,6-7,11,14,17H,1-3,5,8-10H2. The van der Waals surface area contributed by atoms with Crippen molar-refractivity contribution in [2.45, 2.75) is 44.9 Å². The number of furan rings is 1. The molecule has 1 aliphatic heterocycles. The third kappa shape index (κ3) is 2.82. The lowest BCUT2D eigenvalue weighted by Gasteiger charge is -2.25. The highest BCUT2D eigenvalue weighted by Crippen LogP contribution is 2.25. The van der Waals surface area contributed by atoms with Gasteiger partial charge in [-0.05, 0) is 42.3 Å². The molecule has 0 bridgehead atoms. The van der Waals surface area contributed by atoms with Gasteiger partial charge < -0.3 is 9.73 Å². The van der Waals surface area contributed by atoms with Gasteiger partial charge in [-0.15, -0.1) is 11.3 Å². The Balaban J connectivity index is 1.34. The third-order valence-electron chi connectivity index (χ3n) is 4.15. The van der Waals surface area contributed by atoms with Gasteiger partial charge in [0, 0.05) is 36.1 Å². The summed E-state index contributed by atoms with van der Waals surface area (Å²) in [5, 5.41) is 5.74. The van der Waals surface area contributed by atoms with Crippen LogP contribution in [0.5, 0.6) is 0 Å². The number of nitrogens with one attached hydrogen (secondary N) is 1. The number of nitrogens with zero attached hydrogens (tertiary/aromatic N) is 1. The van der Waals surface area contributed by atoms with E-state index in [9.17, 15) is 0 Å². The van der Waals surface area contributed by atoms with Crippen LogP contribution in [0.25, 0.3) is 0 Å². The van der Waals surface area contributed by atoms with Gasteiger partial charge in [0.25, 0.3) is 0 Å². The van der Waals surface area contributed by atoms with Crippen LogP contribution in [0.3, 0.4) is 0 Å². The van der Waals surface area contributed by atoms with Crippen LogP contribution >= 0.6 is 11.3 Å². The first kappa shape index (κ1) is 12.6. The SMILES string of the molecule is c1cc2c(s1)CCN(Cc1cc(CNC3CC3)co1)C2. The molecule has 1 N–H and O–H groups in total. The second kappa shape index (κ2) is 5.35. The lowest BCUT2D eigenvalue weighted by atomic mass is 10.1. The van der Waals surface area contributed by atoms with Gasteiger partial charge in [-0.3, -0.25) is 4.90 Å². The van der Waals surface area contributed by atoms with Crippen LogP contribution in [0.2, 0.25) is 0 Å². The maximum Gasteiger partial charge on any atom is 0.118 e. The Kier molecular flexibility index (Phi) is 3.38. The quantitative estimate of drug-likeness (QED) is 0.916. The van der Waals surface area contributed by atoms with E-state index in [1.54, 1.807) is 4.88 Å². The molecular formula is C16H20N2OS. The minimum Gasteiger partial charge on any atom is -0.468 e. The third-order valence-corrected chi connectivity index (χ3v) is 5.17. The zero-order valence-electron chi connectivity index (χ0n) is 11.6. The van der Waals surface area contributed by atoms with Gasteiger partial charge >= 0.3 is 0 Å². The van der Waals surface area contributed by atoms with Gasteiger partial charge in [-0.25, -0.2) is 0 Å². The predicted molar refractivity (Wildman–Crippen MR) is 80.7 cm³/mol. The summed E-state index contributed by atoms with van der Waals surface area (Å²) in [6, 6.07) is 5.23. The second-order valence-electron chi connectivity index (χ2n) is 5.91. The van der Waals surface area contributed by atoms with Gasteiger partial charge in [0.1, 0.15) is 5.76 Å². The zero-order valence-corrected chi connectivity index (χ0v) is 12.4. The average molecular weight is 288 g/mol. The smallest absolute Gasteiger partial charge is 0.118 e. The van der Waals surface area contributed by atoms with Crippen LogP contribution in [0.15, 0.2) is 28.2 Å². The summed E-state index contributed by atoms with van der Waals surface area (Å²) < 4.78 is 5.71. The minimum atomic E-state index is 0.757. The monoisotopic (exact) mass is 288 g/mol. The number of hydrogen-bond donors (Lipinski definition) is 1. The highest BCUT2D eigenvalue weighted by Gasteiger charge is 2.21.